The molecule has 5 nitrogen and oxygen atoms in total. The molecule has 2 amide bonds. The summed E-state index contributed by atoms with van der Waals surface area (Å²) in [4.78, 5) is 27.6. The van der Waals surface area contributed by atoms with Crippen molar-refractivity contribution < 1.29 is 9.59 Å². The number of nitrogens with one attached hydrogen (secondary N) is 1. The normalized spacial score (nSPS) is 15.4. The van der Waals surface area contributed by atoms with Crippen molar-refractivity contribution in [1.82, 2.24) is 9.88 Å². The first-order valence-electron chi connectivity index (χ1n) is 10.6. The van der Waals surface area contributed by atoms with Crippen LogP contribution in [0, 0.1) is 20.8 Å². The SMILES string of the molecule is CCc1ccccc1N1C(=O)C(=Cc2cc(C)n(-c3ccc(C)cc3)c2C)C(=O)NC1=S. The molecular weight excluding hydrogens is 418 g/mol. The lowest BCUT2D eigenvalue weighted by Gasteiger charge is -2.30. The van der Waals surface area contributed by atoms with Crippen molar-refractivity contribution >= 4 is 40.9 Å². The number of amides is 2. The number of hydrogen-bond donors (Lipinski definition) is 1. The zero-order valence-corrected chi connectivity index (χ0v) is 19.4. The maximum absolute atomic E-state index is 13.4. The molecule has 1 fully saturated rings. The molecule has 0 aliphatic carbocycles. The van der Waals surface area contributed by atoms with Gasteiger partial charge >= 0.3 is 0 Å². The van der Waals surface area contributed by atoms with Gasteiger partial charge in [-0.15, -0.1) is 0 Å². The van der Waals surface area contributed by atoms with Gasteiger partial charge in [0.2, 0.25) is 0 Å². The highest BCUT2D eigenvalue weighted by Crippen LogP contribution is 2.28. The van der Waals surface area contributed by atoms with Crippen LogP contribution in [0.25, 0.3) is 11.8 Å². The Morgan fingerprint density at radius 3 is 2.38 bits per heavy atom. The summed E-state index contributed by atoms with van der Waals surface area (Å²) in [6, 6.07) is 17.8. The third-order valence-corrected chi connectivity index (χ3v) is 6.06. The second kappa shape index (κ2) is 8.55. The van der Waals surface area contributed by atoms with E-state index in [-0.39, 0.29) is 10.7 Å². The van der Waals surface area contributed by atoms with Gasteiger partial charge in [-0.3, -0.25) is 19.8 Å². The van der Waals surface area contributed by atoms with Crippen LogP contribution in [0.5, 0.6) is 0 Å². The molecule has 0 bridgehead atoms. The Morgan fingerprint density at radius 2 is 1.69 bits per heavy atom. The Bertz CT molecular complexity index is 1270. The van der Waals surface area contributed by atoms with Gasteiger partial charge in [-0.05, 0) is 80.9 Å². The fraction of sp³-hybridized carbons (Fsp3) is 0.192. The molecule has 1 aliphatic rings. The average molecular weight is 444 g/mol. The number of para-hydroxylation sites is 1. The number of anilines is 1. The van der Waals surface area contributed by atoms with E-state index in [1.807, 2.05) is 51.1 Å². The molecule has 4 rings (SSSR count). The van der Waals surface area contributed by atoms with E-state index in [0.29, 0.717) is 5.69 Å². The summed E-state index contributed by atoms with van der Waals surface area (Å²) in [7, 11) is 0. The van der Waals surface area contributed by atoms with Crippen molar-refractivity contribution in [2.45, 2.75) is 34.1 Å². The Kier molecular flexibility index (Phi) is 5.80. The van der Waals surface area contributed by atoms with Gasteiger partial charge in [-0.2, -0.15) is 0 Å². The second-order valence-electron chi connectivity index (χ2n) is 7.94. The fourth-order valence-corrected chi connectivity index (χ4v) is 4.36. The lowest BCUT2D eigenvalue weighted by molar-refractivity contribution is -0.122. The Morgan fingerprint density at radius 1 is 1.00 bits per heavy atom. The number of thiocarbonyl (C=S) groups is 1. The van der Waals surface area contributed by atoms with Crippen LogP contribution >= 0.6 is 12.2 Å². The highest BCUT2D eigenvalue weighted by molar-refractivity contribution is 7.80. The third kappa shape index (κ3) is 3.78. The van der Waals surface area contributed by atoms with Crippen molar-refractivity contribution in [3.63, 3.8) is 0 Å². The van der Waals surface area contributed by atoms with Gasteiger partial charge in [0, 0.05) is 17.1 Å². The summed E-state index contributed by atoms with van der Waals surface area (Å²) in [6.07, 6.45) is 2.40. The van der Waals surface area contributed by atoms with Crippen LogP contribution in [-0.2, 0) is 16.0 Å². The quantitative estimate of drug-likeness (QED) is 0.358. The molecule has 32 heavy (non-hydrogen) atoms. The monoisotopic (exact) mass is 443 g/mol. The van der Waals surface area contributed by atoms with Crippen LogP contribution in [0.4, 0.5) is 5.69 Å². The summed E-state index contributed by atoms with van der Waals surface area (Å²) in [5, 5.41) is 2.78. The van der Waals surface area contributed by atoms with Gasteiger partial charge in [0.05, 0.1) is 5.69 Å². The van der Waals surface area contributed by atoms with E-state index < -0.39 is 11.8 Å². The summed E-state index contributed by atoms with van der Waals surface area (Å²) in [5.41, 5.74) is 6.75. The van der Waals surface area contributed by atoms with Gasteiger partial charge < -0.3 is 4.57 Å². The minimum absolute atomic E-state index is 0.0636. The molecule has 1 aliphatic heterocycles. The van der Waals surface area contributed by atoms with Gasteiger partial charge in [-0.25, -0.2) is 0 Å². The molecule has 2 aromatic carbocycles. The van der Waals surface area contributed by atoms with Crippen LogP contribution in [0.1, 0.15) is 35.0 Å². The minimum atomic E-state index is -0.481. The number of carbonyl (C=O) groups is 2. The number of aryl methyl sites for hydroxylation is 3. The molecule has 0 spiro atoms. The Hall–Kier alpha value is -3.51. The number of carbonyl (C=O) groups excluding carboxylic acids is 2. The molecule has 0 saturated carbocycles. The minimum Gasteiger partial charge on any atom is -0.318 e. The first-order chi connectivity index (χ1) is 15.3. The zero-order chi connectivity index (χ0) is 23.0. The van der Waals surface area contributed by atoms with Gasteiger partial charge in [0.25, 0.3) is 11.8 Å². The van der Waals surface area contributed by atoms with Gasteiger partial charge in [-0.1, -0.05) is 42.8 Å². The third-order valence-electron chi connectivity index (χ3n) is 5.78. The van der Waals surface area contributed by atoms with Crippen molar-refractivity contribution in [3.8, 4) is 5.69 Å². The van der Waals surface area contributed by atoms with Crippen LogP contribution in [0.3, 0.4) is 0 Å². The fourth-order valence-electron chi connectivity index (χ4n) is 4.08. The Labute approximate surface area is 193 Å². The average Bonchev–Trinajstić information content (AvgIpc) is 3.05. The highest BCUT2D eigenvalue weighted by Gasteiger charge is 2.35. The van der Waals surface area contributed by atoms with Crippen molar-refractivity contribution in [2.24, 2.45) is 0 Å². The van der Waals surface area contributed by atoms with Crippen LogP contribution in [-0.4, -0.2) is 21.5 Å². The first kappa shape index (κ1) is 21.7. The standard InChI is InChI=1S/C26H25N3O2S/c1-5-19-8-6-7-9-23(19)29-25(31)22(24(30)27-26(29)32)15-20-14-17(3)28(18(20)4)21-12-10-16(2)11-13-21/h6-15H,5H2,1-4H3,(H,27,30,32). The molecule has 2 heterocycles. The number of nitrogens with zero attached hydrogens (tertiary/aromatic N) is 2. The smallest absolute Gasteiger partial charge is 0.270 e. The van der Waals surface area contributed by atoms with E-state index in [9.17, 15) is 9.59 Å². The van der Waals surface area contributed by atoms with Crippen molar-refractivity contribution in [1.29, 1.82) is 0 Å². The van der Waals surface area contributed by atoms with Crippen LogP contribution < -0.4 is 10.2 Å². The van der Waals surface area contributed by atoms with Crippen LogP contribution in [0.2, 0.25) is 0 Å². The molecule has 3 aromatic rings. The summed E-state index contributed by atoms with van der Waals surface area (Å²) < 4.78 is 2.12. The van der Waals surface area contributed by atoms with E-state index in [4.69, 9.17) is 12.2 Å². The van der Waals surface area contributed by atoms with Gasteiger partial charge in [0.15, 0.2) is 5.11 Å². The number of rotatable bonds is 4. The van der Waals surface area contributed by atoms with E-state index in [1.54, 1.807) is 6.08 Å². The maximum Gasteiger partial charge on any atom is 0.270 e. The summed E-state index contributed by atoms with van der Waals surface area (Å²) in [5.74, 6) is -0.898. The highest BCUT2D eigenvalue weighted by atomic mass is 32.1. The molecule has 6 heteroatoms. The molecule has 0 radical (unpaired) electrons. The number of benzene rings is 2. The predicted octanol–water partition coefficient (Wildman–Crippen LogP) is 4.80. The van der Waals surface area contributed by atoms with Gasteiger partial charge in [0.1, 0.15) is 5.57 Å². The molecule has 1 aromatic heterocycles. The lowest BCUT2D eigenvalue weighted by atomic mass is 10.0. The number of aromatic nitrogens is 1. The van der Waals surface area contributed by atoms with Crippen molar-refractivity contribution in [3.05, 3.63) is 88.2 Å². The van der Waals surface area contributed by atoms with Crippen molar-refractivity contribution in [2.75, 3.05) is 4.90 Å². The molecular formula is C26H25N3O2S. The van der Waals surface area contributed by atoms with E-state index in [0.717, 1.165) is 34.6 Å². The van der Waals surface area contributed by atoms with E-state index >= 15 is 0 Å². The topological polar surface area (TPSA) is 54.3 Å². The first-order valence-corrected chi connectivity index (χ1v) is 11.0. The number of hydrogen-bond acceptors (Lipinski definition) is 3. The molecule has 162 valence electrons. The molecule has 1 N–H and O–H groups in total. The summed E-state index contributed by atoms with van der Waals surface area (Å²) in [6.45, 7) is 8.07. The second-order valence-corrected chi connectivity index (χ2v) is 8.32. The zero-order valence-electron chi connectivity index (χ0n) is 18.6. The predicted molar refractivity (Wildman–Crippen MR) is 132 cm³/mol. The largest absolute Gasteiger partial charge is 0.318 e. The molecule has 1 saturated heterocycles. The summed E-state index contributed by atoms with van der Waals surface area (Å²) >= 11 is 5.36. The molecule has 0 unspecified atom stereocenters. The lowest BCUT2D eigenvalue weighted by Crippen LogP contribution is -2.54. The molecule has 0 atom stereocenters. The maximum atomic E-state index is 13.4. The van der Waals surface area contributed by atoms with Crippen LogP contribution in [0.15, 0.2) is 60.2 Å². The Balaban J connectivity index is 1.77. The van der Waals surface area contributed by atoms with E-state index in [2.05, 4.69) is 41.1 Å². The van der Waals surface area contributed by atoms with E-state index in [1.165, 1.54) is 10.5 Å².